The van der Waals surface area contributed by atoms with Crippen molar-refractivity contribution in [2.45, 2.75) is 65.3 Å². The van der Waals surface area contributed by atoms with Crippen molar-refractivity contribution < 1.29 is 0 Å². The smallest absolute Gasteiger partial charge is 0.0326 e. The van der Waals surface area contributed by atoms with Crippen molar-refractivity contribution in [3.63, 3.8) is 0 Å². The molecule has 0 bridgehead atoms. The molecule has 1 aliphatic rings. The van der Waals surface area contributed by atoms with Crippen LogP contribution in [0.2, 0.25) is 0 Å². The number of aryl methyl sites for hydroxylation is 3. The molecule has 0 radical (unpaired) electrons. The van der Waals surface area contributed by atoms with Crippen molar-refractivity contribution in [2.24, 2.45) is 11.7 Å². The van der Waals surface area contributed by atoms with E-state index in [-0.39, 0.29) is 6.04 Å². The summed E-state index contributed by atoms with van der Waals surface area (Å²) in [4.78, 5) is 0. The largest absolute Gasteiger partial charge is 0.324 e. The van der Waals surface area contributed by atoms with Crippen LogP contribution >= 0.6 is 0 Å². The van der Waals surface area contributed by atoms with Gasteiger partial charge in [-0.3, -0.25) is 0 Å². The van der Waals surface area contributed by atoms with E-state index in [4.69, 9.17) is 5.73 Å². The van der Waals surface area contributed by atoms with Crippen LogP contribution in [0.1, 0.15) is 66.8 Å². The fourth-order valence-electron chi connectivity index (χ4n) is 3.27. The maximum Gasteiger partial charge on any atom is 0.0326 e. The summed E-state index contributed by atoms with van der Waals surface area (Å²) in [5.41, 5.74) is 12.1. The monoisotopic (exact) mass is 245 g/mol. The highest BCUT2D eigenvalue weighted by Gasteiger charge is 2.22. The minimum absolute atomic E-state index is 0.238. The molecule has 0 aromatic heterocycles. The molecule has 1 aliphatic carbocycles. The molecule has 1 heteroatoms. The Hall–Kier alpha value is -0.820. The molecule has 1 atom stereocenters. The summed E-state index contributed by atoms with van der Waals surface area (Å²) in [6.45, 7) is 6.58. The van der Waals surface area contributed by atoms with Gasteiger partial charge in [-0.25, -0.2) is 0 Å². The van der Waals surface area contributed by atoms with Crippen LogP contribution in [-0.4, -0.2) is 0 Å². The van der Waals surface area contributed by atoms with Crippen molar-refractivity contribution in [3.05, 3.63) is 34.4 Å². The van der Waals surface area contributed by atoms with Crippen molar-refractivity contribution in [3.8, 4) is 0 Å². The summed E-state index contributed by atoms with van der Waals surface area (Å²) in [6.07, 6.45) is 8.15. The first kappa shape index (κ1) is 13.6. The van der Waals surface area contributed by atoms with Crippen LogP contribution in [0.4, 0.5) is 0 Å². The molecule has 100 valence electrons. The second-order valence-electron chi connectivity index (χ2n) is 6.07. The Morgan fingerprint density at radius 3 is 2.06 bits per heavy atom. The van der Waals surface area contributed by atoms with Gasteiger partial charge in [-0.15, -0.1) is 0 Å². The van der Waals surface area contributed by atoms with Crippen LogP contribution < -0.4 is 5.73 Å². The third kappa shape index (κ3) is 2.95. The molecular weight excluding hydrogens is 218 g/mol. The Kier molecular flexibility index (Phi) is 4.45. The summed E-state index contributed by atoms with van der Waals surface area (Å²) < 4.78 is 0. The average molecular weight is 245 g/mol. The first-order valence-electron chi connectivity index (χ1n) is 7.43. The number of rotatable bonds is 2. The van der Waals surface area contributed by atoms with Crippen LogP contribution in [0.25, 0.3) is 0 Å². The maximum atomic E-state index is 6.56. The molecule has 2 N–H and O–H groups in total. The van der Waals surface area contributed by atoms with Gasteiger partial charge in [0, 0.05) is 6.04 Å². The van der Waals surface area contributed by atoms with E-state index in [0.29, 0.717) is 5.92 Å². The van der Waals surface area contributed by atoms with Gasteiger partial charge in [0.2, 0.25) is 0 Å². The summed E-state index contributed by atoms with van der Waals surface area (Å²) in [6, 6.07) is 4.85. The van der Waals surface area contributed by atoms with E-state index in [0.717, 1.165) is 0 Å². The summed E-state index contributed by atoms with van der Waals surface area (Å²) in [5.74, 6) is 0.688. The van der Waals surface area contributed by atoms with E-state index in [1.807, 2.05) is 0 Å². The van der Waals surface area contributed by atoms with E-state index in [9.17, 15) is 0 Å². The van der Waals surface area contributed by atoms with Crippen LogP contribution in [0.3, 0.4) is 0 Å². The Morgan fingerprint density at radius 1 is 0.889 bits per heavy atom. The molecule has 0 saturated heterocycles. The average Bonchev–Trinajstić information content (AvgIpc) is 2.61. The first-order valence-corrected chi connectivity index (χ1v) is 7.43. The molecule has 1 fully saturated rings. The van der Waals surface area contributed by atoms with Gasteiger partial charge in [0.25, 0.3) is 0 Å². The lowest BCUT2D eigenvalue weighted by molar-refractivity contribution is 0.381. The zero-order valence-corrected chi connectivity index (χ0v) is 12.1. The topological polar surface area (TPSA) is 26.0 Å². The Balaban J connectivity index is 2.21. The minimum atomic E-state index is 0.238. The molecule has 2 rings (SSSR count). The third-order valence-electron chi connectivity index (χ3n) is 4.65. The van der Waals surface area contributed by atoms with Gasteiger partial charge < -0.3 is 5.73 Å². The second-order valence-corrected chi connectivity index (χ2v) is 6.07. The van der Waals surface area contributed by atoms with E-state index in [1.165, 1.54) is 60.8 Å². The van der Waals surface area contributed by atoms with Crippen LogP contribution in [-0.2, 0) is 0 Å². The number of nitrogens with two attached hydrogens (primary N) is 1. The van der Waals surface area contributed by atoms with Crippen LogP contribution in [0.5, 0.6) is 0 Å². The quantitative estimate of drug-likeness (QED) is 0.758. The standard InChI is InChI=1S/C17H27N/c1-12-10-14(3)16(11-13(12)2)17(18)15-8-6-4-5-7-9-15/h10-11,15,17H,4-9,18H2,1-3H3. The van der Waals surface area contributed by atoms with Gasteiger partial charge in [0.05, 0.1) is 0 Å². The van der Waals surface area contributed by atoms with Crippen LogP contribution in [0.15, 0.2) is 12.1 Å². The Morgan fingerprint density at radius 2 is 1.44 bits per heavy atom. The molecule has 1 aromatic rings. The summed E-state index contributed by atoms with van der Waals surface area (Å²) in [5, 5.41) is 0. The molecule has 1 saturated carbocycles. The summed E-state index contributed by atoms with van der Waals surface area (Å²) >= 11 is 0. The predicted octanol–water partition coefficient (Wildman–Crippen LogP) is 4.58. The molecule has 1 nitrogen and oxygen atoms in total. The lowest BCUT2D eigenvalue weighted by Crippen LogP contribution is -2.22. The van der Waals surface area contributed by atoms with E-state index >= 15 is 0 Å². The van der Waals surface area contributed by atoms with Crippen molar-refractivity contribution >= 4 is 0 Å². The SMILES string of the molecule is Cc1cc(C)c(C(N)C2CCCCCC2)cc1C. The van der Waals surface area contributed by atoms with Crippen molar-refractivity contribution in [2.75, 3.05) is 0 Å². The molecule has 0 amide bonds. The van der Waals surface area contributed by atoms with Gasteiger partial charge in [0.15, 0.2) is 0 Å². The van der Waals surface area contributed by atoms with Gasteiger partial charge in [0.1, 0.15) is 0 Å². The fraction of sp³-hybridized carbons (Fsp3) is 0.647. The normalized spacial score (nSPS) is 19.6. The van der Waals surface area contributed by atoms with Crippen molar-refractivity contribution in [1.29, 1.82) is 0 Å². The zero-order chi connectivity index (χ0) is 13.1. The number of benzene rings is 1. The molecule has 0 aliphatic heterocycles. The number of hydrogen-bond acceptors (Lipinski definition) is 1. The van der Waals surface area contributed by atoms with E-state index in [1.54, 1.807) is 0 Å². The fourth-order valence-corrected chi connectivity index (χ4v) is 3.27. The molecule has 1 aromatic carbocycles. The van der Waals surface area contributed by atoms with Gasteiger partial charge in [-0.05, 0) is 61.8 Å². The van der Waals surface area contributed by atoms with Gasteiger partial charge in [-0.2, -0.15) is 0 Å². The zero-order valence-electron chi connectivity index (χ0n) is 12.1. The highest BCUT2D eigenvalue weighted by atomic mass is 14.7. The van der Waals surface area contributed by atoms with E-state index in [2.05, 4.69) is 32.9 Å². The van der Waals surface area contributed by atoms with Gasteiger partial charge in [-0.1, -0.05) is 37.8 Å². The third-order valence-corrected chi connectivity index (χ3v) is 4.65. The molecule has 18 heavy (non-hydrogen) atoms. The molecule has 0 spiro atoms. The lowest BCUT2D eigenvalue weighted by Gasteiger charge is -2.25. The minimum Gasteiger partial charge on any atom is -0.324 e. The molecule has 0 heterocycles. The highest BCUT2D eigenvalue weighted by molar-refractivity contribution is 5.38. The maximum absolute atomic E-state index is 6.56. The Bertz CT molecular complexity index is 400. The van der Waals surface area contributed by atoms with Crippen molar-refractivity contribution in [1.82, 2.24) is 0 Å². The predicted molar refractivity (Wildman–Crippen MR) is 78.8 cm³/mol. The molecule has 1 unspecified atom stereocenters. The highest BCUT2D eigenvalue weighted by Crippen LogP contribution is 2.34. The number of hydrogen-bond donors (Lipinski definition) is 1. The molecular formula is C17H27N. The van der Waals surface area contributed by atoms with Gasteiger partial charge >= 0.3 is 0 Å². The van der Waals surface area contributed by atoms with E-state index < -0.39 is 0 Å². The lowest BCUT2D eigenvalue weighted by atomic mass is 9.85. The summed E-state index contributed by atoms with van der Waals surface area (Å²) in [7, 11) is 0. The second kappa shape index (κ2) is 5.88. The van der Waals surface area contributed by atoms with Crippen LogP contribution in [0, 0.1) is 26.7 Å². The first-order chi connectivity index (χ1) is 8.59. The Labute approximate surface area is 112 Å².